The second-order valence-corrected chi connectivity index (χ2v) is 11.9. The summed E-state index contributed by atoms with van der Waals surface area (Å²) in [5, 5.41) is 0.302. The number of unbranched alkanes of at least 4 members (excludes halogenated alkanes) is 7. The van der Waals surface area contributed by atoms with Crippen LogP contribution in [-0.4, -0.2) is 8.32 Å². The molecule has 0 aliphatic heterocycles. The van der Waals surface area contributed by atoms with Crippen molar-refractivity contribution in [2.45, 2.75) is 97.2 Å². The van der Waals surface area contributed by atoms with E-state index in [-0.39, 0.29) is 0 Å². The van der Waals surface area contributed by atoms with Crippen LogP contribution in [0.15, 0.2) is 12.3 Å². The molecule has 0 atom stereocenters. The quantitative estimate of drug-likeness (QED) is 0.247. The highest BCUT2D eigenvalue weighted by atomic mass is 28.4. The van der Waals surface area contributed by atoms with Crippen LogP contribution in [-0.2, 0) is 4.43 Å². The van der Waals surface area contributed by atoms with Crippen molar-refractivity contribution >= 4 is 8.32 Å². The fourth-order valence-electron chi connectivity index (χ4n) is 1.68. The lowest BCUT2D eigenvalue weighted by molar-refractivity contribution is 0.427. The van der Waals surface area contributed by atoms with Crippen LogP contribution in [0.25, 0.3) is 0 Å². The normalized spacial score (nSPS) is 13.2. The summed E-state index contributed by atoms with van der Waals surface area (Å²) in [6, 6.07) is 0. The lowest BCUT2D eigenvalue weighted by Crippen LogP contribution is -2.39. The van der Waals surface area contributed by atoms with E-state index in [1.165, 1.54) is 51.4 Å². The van der Waals surface area contributed by atoms with Crippen molar-refractivity contribution < 1.29 is 4.43 Å². The predicted octanol–water partition coefficient (Wildman–Crippen LogP) is 6.66. The van der Waals surface area contributed by atoms with Crippen LogP contribution in [0.3, 0.4) is 0 Å². The molecule has 0 bridgehead atoms. The zero-order chi connectivity index (χ0) is 14.8. The Morgan fingerprint density at radius 1 is 0.895 bits per heavy atom. The first-order chi connectivity index (χ1) is 8.81. The standard InChI is InChI=1S/C17H36OSi/c1-7-8-9-10-11-12-13-14-15-16-18-19(5,6)17(2,3)4/h15-16H,7-14H2,1-6H3/b16-15+. The summed E-state index contributed by atoms with van der Waals surface area (Å²) in [5.41, 5.74) is 0. The molecule has 0 heterocycles. The summed E-state index contributed by atoms with van der Waals surface area (Å²) < 4.78 is 6.01. The molecule has 0 aromatic heterocycles. The molecule has 1 nitrogen and oxygen atoms in total. The summed E-state index contributed by atoms with van der Waals surface area (Å²) >= 11 is 0. The van der Waals surface area contributed by atoms with Gasteiger partial charge in [0, 0.05) is 0 Å². The lowest BCUT2D eigenvalue weighted by Gasteiger charge is -2.34. The van der Waals surface area contributed by atoms with E-state index in [9.17, 15) is 0 Å². The van der Waals surface area contributed by atoms with E-state index < -0.39 is 8.32 Å². The molecule has 0 amide bonds. The van der Waals surface area contributed by atoms with Gasteiger partial charge in [0.2, 0.25) is 8.32 Å². The predicted molar refractivity (Wildman–Crippen MR) is 90.0 cm³/mol. The largest absolute Gasteiger partial charge is 0.549 e. The van der Waals surface area contributed by atoms with Crippen molar-refractivity contribution in [3.05, 3.63) is 12.3 Å². The Morgan fingerprint density at radius 2 is 1.42 bits per heavy atom. The van der Waals surface area contributed by atoms with Crippen molar-refractivity contribution in [1.29, 1.82) is 0 Å². The maximum atomic E-state index is 6.01. The third-order valence-electron chi connectivity index (χ3n) is 4.24. The Labute approximate surface area is 123 Å². The van der Waals surface area contributed by atoms with E-state index in [4.69, 9.17) is 4.43 Å². The maximum absolute atomic E-state index is 6.01. The van der Waals surface area contributed by atoms with Gasteiger partial charge in [0.25, 0.3) is 0 Å². The Bertz CT molecular complexity index is 238. The highest BCUT2D eigenvalue weighted by molar-refractivity contribution is 6.74. The Morgan fingerprint density at radius 3 is 1.95 bits per heavy atom. The molecule has 0 spiro atoms. The van der Waals surface area contributed by atoms with Crippen molar-refractivity contribution in [3.63, 3.8) is 0 Å². The van der Waals surface area contributed by atoms with E-state index in [0.717, 1.165) is 0 Å². The van der Waals surface area contributed by atoms with E-state index in [1.54, 1.807) is 0 Å². The number of allylic oxidation sites excluding steroid dienone is 1. The number of hydrogen-bond acceptors (Lipinski definition) is 1. The fourth-order valence-corrected chi connectivity index (χ4v) is 2.47. The number of hydrogen-bond donors (Lipinski definition) is 0. The second kappa shape index (κ2) is 9.63. The summed E-state index contributed by atoms with van der Waals surface area (Å²) in [6.07, 6.45) is 15.0. The minimum Gasteiger partial charge on any atom is -0.549 e. The van der Waals surface area contributed by atoms with Crippen LogP contribution in [0.4, 0.5) is 0 Å². The average Bonchev–Trinajstić information content (AvgIpc) is 2.30. The van der Waals surface area contributed by atoms with E-state index in [1.807, 2.05) is 6.26 Å². The van der Waals surface area contributed by atoms with Gasteiger partial charge in [-0.05, 0) is 31.0 Å². The molecular weight excluding hydrogens is 248 g/mol. The van der Waals surface area contributed by atoms with Gasteiger partial charge < -0.3 is 4.43 Å². The van der Waals surface area contributed by atoms with Crippen LogP contribution in [0.1, 0.15) is 79.1 Å². The molecule has 0 radical (unpaired) electrons. The van der Waals surface area contributed by atoms with E-state index in [0.29, 0.717) is 5.04 Å². The minimum atomic E-state index is -1.58. The topological polar surface area (TPSA) is 9.23 Å². The maximum Gasteiger partial charge on any atom is 0.249 e. The van der Waals surface area contributed by atoms with Gasteiger partial charge in [-0.3, -0.25) is 0 Å². The van der Waals surface area contributed by atoms with Crippen LogP contribution in [0.5, 0.6) is 0 Å². The SMILES string of the molecule is CCCCCCCCC/C=C/O[Si](C)(C)C(C)(C)C. The molecule has 114 valence electrons. The van der Waals surface area contributed by atoms with Crippen LogP contribution < -0.4 is 0 Å². The summed E-state index contributed by atoms with van der Waals surface area (Å²) in [6.45, 7) is 13.7. The van der Waals surface area contributed by atoms with Crippen molar-refractivity contribution in [1.82, 2.24) is 0 Å². The lowest BCUT2D eigenvalue weighted by atomic mass is 10.1. The molecule has 0 aliphatic carbocycles. The van der Waals surface area contributed by atoms with Gasteiger partial charge in [-0.1, -0.05) is 72.3 Å². The van der Waals surface area contributed by atoms with Crippen molar-refractivity contribution in [2.75, 3.05) is 0 Å². The average molecular weight is 285 g/mol. The zero-order valence-corrected chi connectivity index (χ0v) is 15.2. The van der Waals surface area contributed by atoms with E-state index >= 15 is 0 Å². The molecular formula is C17H36OSi. The molecule has 0 aliphatic rings. The van der Waals surface area contributed by atoms with Gasteiger partial charge in [0.1, 0.15) is 0 Å². The van der Waals surface area contributed by atoms with E-state index in [2.05, 4.69) is 46.9 Å². The number of rotatable bonds is 10. The van der Waals surface area contributed by atoms with Gasteiger partial charge in [0.05, 0.1) is 6.26 Å². The highest BCUT2D eigenvalue weighted by Crippen LogP contribution is 2.36. The van der Waals surface area contributed by atoms with Gasteiger partial charge in [0.15, 0.2) is 0 Å². The Hall–Kier alpha value is -0.243. The van der Waals surface area contributed by atoms with Crippen LogP contribution >= 0.6 is 0 Å². The van der Waals surface area contributed by atoms with Crippen LogP contribution in [0, 0.1) is 0 Å². The molecule has 2 heteroatoms. The Balaban J connectivity index is 3.55. The third kappa shape index (κ3) is 9.31. The first-order valence-electron chi connectivity index (χ1n) is 8.14. The molecule has 0 N–H and O–H groups in total. The molecule has 0 saturated heterocycles. The third-order valence-corrected chi connectivity index (χ3v) is 8.58. The first-order valence-corrected chi connectivity index (χ1v) is 11.0. The van der Waals surface area contributed by atoms with Gasteiger partial charge >= 0.3 is 0 Å². The van der Waals surface area contributed by atoms with Crippen LogP contribution in [0.2, 0.25) is 18.1 Å². The monoisotopic (exact) mass is 284 g/mol. The zero-order valence-electron chi connectivity index (χ0n) is 14.2. The smallest absolute Gasteiger partial charge is 0.249 e. The molecule has 0 aromatic rings. The second-order valence-electron chi connectivity index (χ2n) is 7.16. The minimum absolute atomic E-state index is 0.302. The van der Waals surface area contributed by atoms with Crippen molar-refractivity contribution in [2.24, 2.45) is 0 Å². The summed E-state index contributed by atoms with van der Waals surface area (Å²) in [7, 11) is -1.58. The van der Waals surface area contributed by atoms with Gasteiger partial charge in [-0.25, -0.2) is 0 Å². The highest BCUT2D eigenvalue weighted by Gasteiger charge is 2.37. The summed E-state index contributed by atoms with van der Waals surface area (Å²) in [5.74, 6) is 0. The molecule has 0 saturated carbocycles. The first kappa shape index (κ1) is 18.8. The summed E-state index contributed by atoms with van der Waals surface area (Å²) in [4.78, 5) is 0. The molecule has 0 unspecified atom stereocenters. The molecule has 0 fully saturated rings. The molecule has 0 aromatic carbocycles. The molecule has 0 rings (SSSR count). The van der Waals surface area contributed by atoms with Gasteiger partial charge in [-0.2, -0.15) is 0 Å². The van der Waals surface area contributed by atoms with Crippen molar-refractivity contribution in [3.8, 4) is 0 Å². The van der Waals surface area contributed by atoms with Gasteiger partial charge in [-0.15, -0.1) is 0 Å². The Kier molecular flexibility index (Phi) is 9.50. The molecule has 19 heavy (non-hydrogen) atoms. The fraction of sp³-hybridized carbons (Fsp3) is 0.882.